The number of azo groups is 1. The van der Waals surface area contributed by atoms with Gasteiger partial charge in [-0.2, -0.15) is 18.6 Å². The third-order valence-electron chi connectivity index (χ3n) is 2.79. The standard InChI is InChI=1S/C14H13N3O3S/c1-9-7-13(8-10(2)14(9)18)16-15-11-3-5-12(6-4-11)17-21(19)20/h3-8,18H,1-2H3. The molecule has 0 aliphatic heterocycles. The molecule has 6 nitrogen and oxygen atoms in total. The third-order valence-corrected chi connectivity index (χ3v) is 3.15. The summed E-state index contributed by atoms with van der Waals surface area (Å²) >= 11 is 0. The molecule has 0 fully saturated rings. The second-order valence-electron chi connectivity index (χ2n) is 4.45. The van der Waals surface area contributed by atoms with Gasteiger partial charge in [-0.25, -0.2) is 0 Å². The molecule has 1 N–H and O–H groups in total. The molecule has 0 bridgehead atoms. The molecule has 0 spiro atoms. The van der Waals surface area contributed by atoms with Gasteiger partial charge in [-0.3, -0.25) is 0 Å². The molecule has 0 aliphatic carbocycles. The SMILES string of the molecule is Cc1cc(N=Nc2ccc(N=S(=O)=O)cc2)cc(C)c1O. The van der Waals surface area contributed by atoms with Crippen molar-refractivity contribution in [2.45, 2.75) is 13.8 Å². The fourth-order valence-corrected chi connectivity index (χ4v) is 2.07. The maximum Gasteiger partial charge on any atom is 0.316 e. The van der Waals surface area contributed by atoms with Gasteiger partial charge in [0.05, 0.1) is 17.1 Å². The van der Waals surface area contributed by atoms with Crippen LogP contribution in [0.25, 0.3) is 0 Å². The Morgan fingerprint density at radius 1 is 0.857 bits per heavy atom. The van der Waals surface area contributed by atoms with E-state index in [2.05, 4.69) is 14.6 Å². The minimum atomic E-state index is -2.47. The number of hydrogen-bond acceptors (Lipinski definition) is 6. The van der Waals surface area contributed by atoms with Crippen LogP contribution >= 0.6 is 0 Å². The summed E-state index contributed by atoms with van der Waals surface area (Å²) in [6.07, 6.45) is 0. The van der Waals surface area contributed by atoms with E-state index < -0.39 is 10.5 Å². The molecule has 2 aromatic rings. The highest BCUT2D eigenvalue weighted by molar-refractivity contribution is 7.61. The summed E-state index contributed by atoms with van der Waals surface area (Å²) < 4.78 is 24.2. The molecule has 0 saturated heterocycles. The number of phenolic OH excluding ortho intramolecular Hbond substituents is 1. The summed E-state index contributed by atoms with van der Waals surface area (Å²) in [7, 11) is -2.47. The van der Waals surface area contributed by atoms with E-state index in [1.54, 1.807) is 38.1 Å². The van der Waals surface area contributed by atoms with Crippen molar-refractivity contribution in [2.24, 2.45) is 14.6 Å². The lowest BCUT2D eigenvalue weighted by atomic mass is 10.1. The summed E-state index contributed by atoms with van der Waals surface area (Å²) in [6.45, 7) is 3.58. The van der Waals surface area contributed by atoms with Crippen LogP contribution in [0.15, 0.2) is 51.0 Å². The molecule has 0 amide bonds. The lowest BCUT2D eigenvalue weighted by Gasteiger charge is -2.03. The normalized spacial score (nSPS) is 10.8. The number of nitrogens with zero attached hydrogens (tertiary/aromatic N) is 3. The number of phenols is 1. The first-order valence-electron chi connectivity index (χ1n) is 6.09. The first-order valence-corrected chi connectivity index (χ1v) is 7.12. The topological polar surface area (TPSA) is 91.5 Å². The Morgan fingerprint density at radius 2 is 1.33 bits per heavy atom. The Labute approximate surface area is 123 Å². The molecule has 0 heterocycles. The van der Waals surface area contributed by atoms with E-state index >= 15 is 0 Å². The number of hydrogen-bond donors (Lipinski definition) is 1. The van der Waals surface area contributed by atoms with E-state index in [9.17, 15) is 13.5 Å². The van der Waals surface area contributed by atoms with Gasteiger partial charge < -0.3 is 5.11 Å². The fraction of sp³-hybridized carbons (Fsp3) is 0.143. The van der Waals surface area contributed by atoms with Gasteiger partial charge in [0, 0.05) is 0 Å². The highest BCUT2D eigenvalue weighted by Crippen LogP contribution is 2.28. The van der Waals surface area contributed by atoms with Crippen molar-refractivity contribution in [1.82, 2.24) is 0 Å². The molecule has 0 atom stereocenters. The fourth-order valence-electron chi connectivity index (χ4n) is 1.77. The van der Waals surface area contributed by atoms with Crippen LogP contribution in [0.5, 0.6) is 5.75 Å². The minimum Gasteiger partial charge on any atom is -0.507 e. The van der Waals surface area contributed by atoms with Crippen LogP contribution in [0.2, 0.25) is 0 Å². The second kappa shape index (κ2) is 6.27. The first-order chi connectivity index (χ1) is 9.95. The van der Waals surface area contributed by atoms with Gasteiger partial charge in [0.25, 0.3) is 0 Å². The van der Waals surface area contributed by atoms with Crippen LogP contribution in [0.4, 0.5) is 17.1 Å². The van der Waals surface area contributed by atoms with Crippen molar-refractivity contribution in [3.05, 3.63) is 47.5 Å². The van der Waals surface area contributed by atoms with Gasteiger partial charge in [0.15, 0.2) is 0 Å². The monoisotopic (exact) mass is 303 g/mol. The van der Waals surface area contributed by atoms with Gasteiger partial charge in [-0.05, 0) is 61.4 Å². The molecule has 0 radical (unpaired) electrons. The molecular formula is C14H13N3O3S. The van der Waals surface area contributed by atoms with Crippen LogP contribution in [0.3, 0.4) is 0 Å². The zero-order valence-corrected chi connectivity index (χ0v) is 12.3. The van der Waals surface area contributed by atoms with E-state index in [0.29, 0.717) is 17.1 Å². The highest BCUT2D eigenvalue weighted by Gasteiger charge is 2.02. The molecule has 7 heteroatoms. The van der Waals surface area contributed by atoms with Crippen LogP contribution in [-0.4, -0.2) is 13.5 Å². The van der Waals surface area contributed by atoms with Crippen molar-refractivity contribution >= 4 is 27.6 Å². The average Bonchev–Trinajstić information content (AvgIpc) is 2.43. The van der Waals surface area contributed by atoms with Crippen LogP contribution < -0.4 is 0 Å². The molecule has 0 saturated carbocycles. The molecule has 0 unspecified atom stereocenters. The highest BCUT2D eigenvalue weighted by atomic mass is 32.2. The minimum absolute atomic E-state index is 0.255. The van der Waals surface area contributed by atoms with E-state index in [0.717, 1.165) is 11.1 Å². The molecule has 2 aromatic carbocycles. The number of benzene rings is 2. The maximum absolute atomic E-state index is 10.4. The third kappa shape index (κ3) is 3.96. The number of aryl methyl sites for hydroxylation is 2. The zero-order valence-electron chi connectivity index (χ0n) is 11.5. The van der Waals surface area contributed by atoms with Gasteiger partial charge in [0.1, 0.15) is 5.75 Å². The van der Waals surface area contributed by atoms with E-state index in [1.165, 1.54) is 12.1 Å². The Hall–Kier alpha value is -2.54. The summed E-state index contributed by atoms with van der Waals surface area (Å²) in [4.78, 5) is 0. The van der Waals surface area contributed by atoms with Crippen LogP contribution in [0.1, 0.15) is 11.1 Å². The van der Waals surface area contributed by atoms with E-state index in [4.69, 9.17) is 0 Å². The lowest BCUT2D eigenvalue weighted by Crippen LogP contribution is -1.79. The summed E-state index contributed by atoms with van der Waals surface area (Å²) in [6, 6.07) is 9.78. The predicted molar refractivity (Wildman–Crippen MR) is 79.2 cm³/mol. The second-order valence-corrected chi connectivity index (χ2v) is 5.07. The van der Waals surface area contributed by atoms with Crippen molar-refractivity contribution < 1.29 is 13.5 Å². The van der Waals surface area contributed by atoms with Crippen molar-refractivity contribution in [1.29, 1.82) is 0 Å². The Bertz CT molecular complexity index is 794. The van der Waals surface area contributed by atoms with Crippen molar-refractivity contribution in [3.63, 3.8) is 0 Å². The van der Waals surface area contributed by atoms with Crippen molar-refractivity contribution in [2.75, 3.05) is 0 Å². The first kappa shape index (κ1) is 14.9. The molecular weight excluding hydrogens is 290 g/mol. The smallest absolute Gasteiger partial charge is 0.316 e. The quantitative estimate of drug-likeness (QED) is 0.864. The van der Waals surface area contributed by atoms with Crippen LogP contribution in [-0.2, 0) is 10.5 Å². The van der Waals surface area contributed by atoms with Gasteiger partial charge >= 0.3 is 10.5 Å². The number of aromatic hydroxyl groups is 1. The van der Waals surface area contributed by atoms with E-state index in [-0.39, 0.29) is 5.75 Å². The number of rotatable bonds is 3. The van der Waals surface area contributed by atoms with E-state index in [1.807, 2.05) is 0 Å². The Balaban J connectivity index is 2.23. The van der Waals surface area contributed by atoms with Gasteiger partial charge in [0.2, 0.25) is 0 Å². The molecule has 108 valence electrons. The molecule has 0 aliphatic rings. The van der Waals surface area contributed by atoms with Crippen LogP contribution in [0, 0.1) is 13.8 Å². The maximum atomic E-state index is 10.4. The van der Waals surface area contributed by atoms with Gasteiger partial charge in [-0.1, -0.05) is 0 Å². The Kier molecular flexibility index (Phi) is 4.44. The largest absolute Gasteiger partial charge is 0.507 e. The Morgan fingerprint density at radius 3 is 1.86 bits per heavy atom. The zero-order chi connectivity index (χ0) is 15.4. The van der Waals surface area contributed by atoms with Gasteiger partial charge in [-0.15, -0.1) is 4.36 Å². The van der Waals surface area contributed by atoms with Crippen molar-refractivity contribution in [3.8, 4) is 5.75 Å². The molecule has 0 aromatic heterocycles. The predicted octanol–water partition coefficient (Wildman–Crippen LogP) is 4.12. The molecule has 21 heavy (non-hydrogen) atoms. The average molecular weight is 303 g/mol. The molecule has 2 rings (SSSR count). The summed E-state index contributed by atoms with van der Waals surface area (Å²) in [5, 5.41) is 17.8. The summed E-state index contributed by atoms with van der Waals surface area (Å²) in [5.74, 6) is 0.255. The summed E-state index contributed by atoms with van der Waals surface area (Å²) in [5.41, 5.74) is 3.01. The lowest BCUT2D eigenvalue weighted by molar-refractivity contribution is 0.467.